The minimum Gasteiger partial charge on any atom is -0.457 e. The Hall–Kier alpha value is -5.55. The molecule has 0 unspecified atom stereocenters. The highest BCUT2D eigenvalue weighted by atomic mass is 16.5. The first-order chi connectivity index (χ1) is 22.2. The summed E-state index contributed by atoms with van der Waals surface area (Å²) in [5.41, 5.74) is 21.8. The Morgan fingerprint density at radius 2 is 1.13 bits per heavy atom. The molecule has 0 radical (unpaired) electrons. The van der Waals surface area contributed by atoms with Crippen molar-refractivity contribution >= 4 is 22.7 Å². The molecule has 2 aliphatic carbocycles. The third-order valence-corrected chi connectivity index (χ3v) is 8.98. The predicted octanol–water partition coefficient (Wildman–Crippen LogP) is 9.30. The number of fused-ring (bicyclic) bond motifs is 2. The van der Waals surface area contributed by atoms with Gasteiger partial charge in [-0.05, 0) is 104 Å². The molecule has 5 heteroatoms. The maximum absolute atomic E-state index is 14.4. The number of aryl methyl sites for hydroxylation is 4. The summed E-state index contributed by atoms with van der Waals surface area (Å²) in [6, 6.07) is 31.7. The van der Waals surface area contributed by atoms with Gasteiger partial charge in [-0.15, -0.1) is 0 Å². The van der Waals surface area contributed by atoms with Gasteiger partial charge in [-0.25, -0.2) is 0 Å². The van der Waals surface area contributed by atoms with E-state index in [2.05, 4.69) is 70.2 Å². The lowest BCUT2D eigenvalue weighted by Crippen LogP contribution is -2.35. The summed E-state index contributed by atoms with van der Waals surface area (Å²) in [4.78, 5) is 14.4. The third-order valence-electron chi connectivity index (χ3n) is 8.98. The largest absolute Gasteiger partial charge is 0.457 e. The second-order valence-corrected chi connectivity index (χ2v) is 12.4. The van der Waals surface area contributed by atoms with Crippen LogP contribution in [0, 0.1) is 27.7 Å². The standard InChI is InChI=1S/C41H36N2O3/c1-24-20-26(3)39(45-30-16-12-28(42)13-17-30)35(22-24)41(34-10-6-5-8-32(34)33-9-7-11-37(44)38(33)41)36-23-25(2)21-27(4)40(36)46-31-18-14-29(43)15-19-31/h5-10,12-23H,11,42-43H2,1-4H3. The van der Waals surface area contributed by atoms with Crippen molar-refractivity contribution in [1.82, 2.24) is 0 Å². The van der Waals surface area contributed by atoms with Crippen LogP contribution in [0.4, 0.5) is 11.4 Å². The molecule has 5 nitrogen and oxygen atoms in total. The number of hydrogen-bond acceptors (Lipinski definition) is 5. The number of ketones is 1. The van der Waals surface area contributed by atoms with E-state index >= 15 is 0 Å². The Morgan fingerprint density at radius 1 is 0.630 bits per heavy atom. The zero-order valence-electron chi connectivity index (χ0n) is 26.5. The number of rotatable bonds is 6. The monoisotopic (exact) mass is 604 g/mol. The fourth-order valence-corrected chi connectivity index (χ4v) is 7.18. The highest BCUT2D eigenvalue weighted by Crippen LogP contribution is 2.61. The number of carbonyl (C=O) groups is 1. The van der Waals surface area contributed by atoms with Crippen LogP contribution in [0.5, 0.6) is 23.0 Å². The first-order valence-corrected chi connectivity index (χ1v) is 15.5. The maximum atomic E-state index is 14.4. The van der Waals surface area contributed by atoms with E-state index in [0.717, 1.165) is 55.7 Å². The van der Waals surface area contributed by atoms with Crippen molar-refractivity contribution in [3.8, 4) is 23.0 Å². The number of hydrogen-bond donors (Lipinski definition) is 2. The van der Waals surface area contributed by atoms with Gasteiger partial charge in [0.05, 0.1) is 5.41 Å². The average Bonchev–Trinajstić information content (AvgIpc) is 3.34. The molecule has 7 rings (SSSR count). The molecule has 0 atom stereocenters. The molecular weight excluding hydrogens is 568 g/mol. The Bertz CT molecular complexity index is 1980. The highest BCUT2D eigenvalue weighted by Gasteiger charge is 2.53. The summed E-state index contributed by atoms with van der Waals surface area (Å²) < 4.78 is 13.6. The van der Waals surface area contributed by atoms with Crippen LogP contribution in [0.3, 0.4) is 0 Å². The summed E-state index contributed by atoms with van der Waals surface area (Å²) >= 11 is 0. The number of nitrogens with two attached hydrogens (primary N) is 2. The highest BCUT2D eigenvalue weighted by molar-refractivity contribution is 6.14. The first-order valence-electron chi connectivity index (χ1n) is 15.5. The van der Waals surface area contributed by atoms with Crippen LogP contribution in [-0.2, 0) is 10.2 Å². The van der Waals surface area contributed by atoms with Gasteiger partial charge in [-0.2, -0.15) is 0 Å². The lowest BCUT2D eigenvalue weighted by Gasteiger charge is -2.38. The van der Waals surface area contributed by atoms with Crippen molar-refractivity contribution in [2.24, 2.45) is 0 Å². The molecule has 0 heterocycles. The zero-order chi connectivity index (χ0) is 32.2. The smallest absolute Gasteiger partial charge is 0.164 e. The van der Waals surface area contributed by atoms with Crippen LogP contribution in [0.1, 0.15) is 50.9 Å². The fraction of sp³-hybridized carbons (Fsp3) is 0.146. The number of allylic oxidation sites excluding steroid dienone is 4. The van der Waals surface area contributed by atoms with Gasteiger partial charge in [0.25, 0.3) is 0 Å². The van der Waals surface area contributed by atoms with Crippen molar-refractivity contribution in [1.29, 1.82) is 0 Å². The van der Waals surface area contributed by atoms with Gasteiger partial charge >= 0.3 is 0 Å². The van der Waals surface area contributed by atoms with Crippen LogP contribution in [0.15, 0.2) is 115 Å². The third kappa shape index (κ3) is 4.67. The van der Waals surface area contributed by atoms with Crippen LogP contribution < -0.4 is 20.9 Å². The second kappa shape index (κ2) is 11.1. The van der Waals surface area contributed by atoms with Gasteiger partial charge in [0.1, 0.15) is 23.0 Å². The summed E-state index contributed by atoms with van der Waals surface area (Å²) in [6.07, 6.45) is 4.38. The zero-order valence-corrected chi connectivity index (χ0v) is 26.5. The molecule has 228 valence electrons. The second-order valence-electron chi connectivity index (χ2n) is 12.4. The number of ether oxygens (including phenoxy) is 2. The molecule has 46 heavy (non-hydrogen) atoms. The SMILES string of the molecule is Cc1cc(C)c(Oc2ccc(N)cc2)c(C2(c3cc(C)cc(C)c3Oc3ccc(N)cc3)C3=C(C=CCC3=O)c3ccccc32)c1. The molecule has 2 aliphatic rings. The molecule has 0 spiro atoms. The van der Waals surface area contributed by atoms with Crippen molar-refractivity contribution in [3.05, 3.63) is 159 Å². The van der Waals surface area contributed by atoms with E-state index in [9.17, 15) is 4.79 Å². The Morgan fingerprint density at radius 3 is 1.65 bits per heavy atom. The molecule has 5 aromatic rings. The predicted molar refractivity (Wildman–Crippen MR) is 186 cm³/mol. The van der Waals surface area contributed by atoms with Crippen LogP contribution in [-0.4, -0.2) is 5.78 Å². The van der Waals surface area contributed by atoms with E-state index in [1.54, 1.807) is 0 Å². The minimum atomic E-state index is -1.05. The summed E-state index contributed by atoms with van der Waals surface area (Å²) in [5.74, 6) is 2.78. The molecule has 5 aromatic carbocycles. The molecule has 0 fully saturated rings. The normalized spacial score (nSPS) is 14.7. The molecule has 0 aliphatic heterocycles. The lowest BCUT2D eigenvalue weighted by atomic mass is 9.63. The fourth-order valence-electron chi connectivity index (χ4n) is 7.18. The van der Waals surface area contributed by atoms with Gasteiger partial charge in [0.2, 0.25) is 0 Å². The van der Waals surface area contributed by atoms with Gasteiger partial charge in [-0.1, -0.05) is 71.8 Å². The van der Waals surface area contributed by atoms with E-state index in [1.807, 2.05) is 66.7 Å². The number of anilines is 2. The van der Waals surface area contributed by atoms with E-state index in [-0.39, 0.29) is 5.78 Å². The molecular formula is C41H36N2O3. The van der Waals surface area contributed by atoms with Crippen LogP contribution >= 0.6 is 0 Å². The van der Waals surface area contributed by atoms with Crippen LogP contribution in [0.2, 0.25) is 0 Å². The number of carbonyl (C=O) groups excluding carboxylic acids is 1. The Kier molecular flexibility index (Phi) is 7.05. The summed E-state index contributed by atoms with van der Waals surface area (Å²) in [5, 5.41) is 0. The average molecular weight is 605 g/mol. The van der Waals surface area contributed by atoms with E-state index < -0.39 is 5.41 Å². The lowest BCUT2D eigenvalue weighted by molar-refractivity contribution is -0.115. The van der Waals surface area contributed by atoms with E-state index in [1.165, 1.54) is 0 Å². The minimum absolute atomic E-state index is 0.0730. The maximum Gasteiger partial charge on any atom is 0.164 e. The van der Waals surface area contributed by atoms with Crippen molar-refractivity contribution in [3.63, 3.8) is 0 Å². The van der Waals surface area contributed by atoms with Gasteiger partial charge in [0.15, 0.2) is 5.78 Å². The Labute approximate surface area is 269 Å². The van der Waals surface area contributed by atoms with Crippen LogP contribution in [0.25, 0.3) is 5.57 Å². The molecule has 0 aromatic heterocycles. The number of benzene rings is 5. The van der Waals surface area contributed by atoms with Crippen molar-refractivity contribution in [2.75, 3.05) is 11.5 Å². The molecule has 0 saturated carbocycles. The van der Waals surface area contributed by atoms with Gasteiger partial charge in [0, 0.05) is 34.5 Å². The van der Waals surface area contributed by atoms with Gasteiger partial charge < -0.3 is 20.9 Å². The molecule has 0 saturated heterocycles. The summed E-state index contributed by atoms with van der Waals surface area (Å²) in [7, 11) is 0. The van der Waals surface area contributed by atoms with E-state index in [0.29, 0.717) is 40.8 Å². The van der Waals surface area contributed by atoms with Gasteiger partial charge in [-0.3, -0.25) is 4.79 Å². The number of nitrogen functional groups attached to an aromatic ring is 2. The molecule has 4 N–H and O–H groups in total. The Balaban J connectivity index is 1.63. The molecule has 0 amide bonds. The first kappa shape index (κ1) is 29.2. The van der Waals surface area contributed by atoms with Crippen molar-refractivity contribution in [2.45, 2.75) is 39.5 Å². The number of Topliss-reactive ketones (excluding diaryl/α,β-unsaturated/α-hetero) is 1. The summed E-state index contributed by atoms with van der Waals surface area (Å²) in [6.45, 7) is 8.29. The van der Waals surface area contributed by atoms with Crippen molar-refractivity contribution < 1.29 is 14.3 Å². The quantitative estimate of drug-likeness (QED) is 0.189. The van der Waals surface area contributed by atoms with E-state index in [4.69, 9.17) is 20.9 Å². The topological polar surface area (TPSA) is 87.6 Å². The molecule has 0 bridgehead atoms.